The SMILES string of the molecule is Cc1ccc(S(=O)(=O)O/N=C2\CCCc3occc32)cc1. The van der Waals surface area contributed by atoms with Crippen molar-refractivity contribution in [1.82, 2.24) is 0 Å². The summed E-state index contributed by atoms with van der Waals surface area (Å²) < 4.78 is 34.3. The third-order valence-corrected chi connectivity index (χ3v) is 4.55. The van der Waals surface area contributed by atoms with Gasteiger partial charge in [-0.2, -0.15) is 8.42 Å². The van der Waals surface area contributed by atoms with E-state index in [2.05, 4.69) is 5.16 Å². The molecule has 3 rings (SSSR count). The Morgan fingerprint density at radius 1 is 1.14 bits per heavy atom. The van der Waals surface area contributed by atoms with Crippen LogP contribution in [0.4, 0.5) is 0 Å². The molecule has 0 amide bonds. The first-order valence-electron chi connectivity index (χ1n) is 6.70. The topological polar surface area (TPSA) is 68.9 Å². The second-order valence-electron chi connectivity index (χ2n) is 4.99. The van der Waals surface area contributed by atoms with Crippen LogP contribution in [0.5, 0.6) is 0 Å². The first-order chi connectivity index (χ1) is 10.1. The Hall–Kier alpha value is -2.08. The molecule has 0 spiro atoms. The van der Waals surface area contributed by atoms with E-state index in [1.54, 1.807) is 24.5 Å². The lowest BCUT2D eigenvalue weighted by Crippen LogP contribution is -2.12. The molecular formula is C15H15NO4S. The van der Waals surface area contributed by atoms with Crippen LogP contribution in [0.25, 0.3) is 0 Å². The molecule has 0 unspecified atom stereocenters. The number of aryl methyl sites for hydroxylation is 2. The van der Waals surface area contributed by atoms with Crippen molar-refractivity contribution in [2.75, 3.05) is 0 Å². The zero-order valence-electron chi connectivity index (χ0n) is 11.6. The van der Waals surface area contributed by atoms with Crippen LogP contribution in [0, 0.1) is 6.92 Å². The lowest BCUT2D eigenvalue weighted by atomic mass is 9.97. The van der Waals surface area contributed by atoms with Gasteiger partial charge in [0.1, 0.15) is 10.7 Å². The number of furan rings is 1. The molecule has 0 fully saturated rings. The molecule has 0 saturated heterocycles. The van der Waals surface area contributed by atoms with E-state index >= 15 is 0 Å². The normalized spacial score (nSPS) is 16.7. The standard InChI is InChI=1S/C15H15NO4S/c1-11-5-7-12(8-6-11)21(17,18)20-16-14-3-2-4-15-13(14)9-10-19-15/h5-10H,2-4H2,1H3/b16-14+. The Morgan fingerprint density at radius 3 is 2.67 bits per heavy atom. The van der Waals surface area contributed by atoms with Crippen LogP contribution in [0.3, 0.4) is 0 Å². The lowest BCUT2D eigenvalue weighted by Gasteiger charge is -2.11. The Bertz CT molecular complexity index is 772. The van der Waals surface area contributed by atoms with E-state index in [4.69, 9.17) is 8.70 Å². The van der Waals surface area contributed by atoms with Crippen molar-refractivity contribution in [1.29, 1.82) is 0 Å². The van der Waals surface area contributed by atoms with Crippen LogP contribution in [0.15, 0.2) is 51.1 Å². The average Bonchev–Trinajstić information content (AvgIpc) is 2.94. The zero-order chi connectivity index (χ0) is 14.9. The highest BCUT2D eigenvalue weighted by Gasteiger charge is 2.21. The van der Waals surface area contributed by atoms with Gasteiger partial charge in [-0.3, -0.25) is 4.28 Å². The van der Waals surface area contributed by atoms with Crippen molar-refractivity contribution < 1.29 is 17.1 Å². The van der Waals surface area contributed by atoms with Gasteiger partial charge in [-0.05, 0) is 38.0 Å². The highest BCUT2D eigenvalue weighted by Crippen LogP contribution is 2.23. The minimum atomic E-state index is -3.88. The fourth-order valence-corrected chi connectivity index (χ4v) is 3.02. The van der Waals surface area contributed by atoms with Crippen molar-refractivity contribution in [2.45, 2.75) is 31.1 Å². The van der Waals surface area contributed by atoms with Crippen molar-refractivity contribution in [2.24, 2.45) is 5.16 Å². The smallest absolute Gasteiger partial charge is 0.358 e. The van der Waals surface area contributed by atoms with Crippen LogP contribution in [0.2, 0.25) is 0 Å². The monoisotopic (exact) mass is 305 g/mol. The largest absolute Gasteiger partial charge is 0.469 e. The number of hydrogen-bond acceptors (Lipinski definition) is 5. The van der Waals surface area contributed by atoms with E-state index in [0.717, 1.165) is 29.7 Å². The maximum absolute atomic E-state index is 12.1. The molecule has 6 heteroatoms. The van der Waals surface area contributed by atoms with E-state index in [1.165, 1.54) is 12.1 Å². The summed E-state index contributed by atoms with van der Waals surface area (Å²) in [7, 11) is -3.88. The number of rotatable bonds is 3. The second-order valence-corrected chi connectivity index (χ2v) is 6.52. The van der Waals surface area contributed by atoms with Crippen molar-refractivity contribution in [3.63, 3.8) is 0 Å². The summed E-state index contributed by atoms with van der Waals surface area (Å²) in [6.45, 7) is 1.89. The van der Waals surface area contributed by atoms with Crippen molar-refractivity contribution in [3.05, 3.63) is 53.5 Å². The summed E-state index contributed by atoms with van der Waals surface area (Å²) in [6.07, 6.45) is 3.97. The lowest BCUT2D eigenvalue weighted by molar-refractivity contribution is 0.337. The van der Waals surface area contributed by atoms with Gasteiger partial charge in [-0.25, -0.2) is 0 Å². The van der Waals surface area contributed by atoms with Crippen LogP contribution < -0.4 is 0 Å². The predicted molar refractivity (Wildman–Crippen MR) is 77.6 cm³/mol. The van der Waals surface area contributed by atoms with Gasteiger partial charge < -0.3 is 4.42 Å². The summed E-state index contributed by atoms with van der Waals surface area (Å²) in [5, 5.41) is 3.84. The molecular weight excluding hydrogens is 290 g/mol. The molecule has 0 bridgehead atoms. The molecule has 21 heavy (non-hydrogen) atoms. The fraction of sp³-hybridized carbons (Fsp3) is 0.267. The Labute approximate surface area is 123 Å². The molecule has 1 aliphatic carbocycles. The minimum Gasteiger partial charge on any atom is -0.469 e. The molecule has 0 N–H and O–H groups in total. The van der Waals surface area contributed by atoms with Crippen molar-refractivity contribution >= 4 is 15.8 Å². The predicted octanol–water partition coefficient (Wildman–Crippen LogP) is 3.03. The first kappa shape index (κ1) is 13.9. The van der Waals surface area contributed by atoms with Crippen LogP contribution in [-0.2, 0) is 20.8 Å². The molecule has 1 aromatic carbocycles. The van der Waals surface area contributed by atoms with Crippen LogP contribution in [-0.4, -0.2) is 14.1 Å². The molecule has 0 radical (unpaired) electrons. The van der Waals surface area contributed by atoms with Gasteiger partial charge in [-0.1, -0.05) is 22.9 Å². The molecule has 5 nitrogen and oxygen atoms in total. The third-order valence-electron chi connectivity index (χ3n) is 3.43. The van der Waals surface area contributed by atoms with Crippen molar-refractivity contribution in [3.8, 4) is 0 Å². The maximum Gasteiger partial charge on any atom is 0.358 e. The molecule has 1 aliphatic rings. The molecule has 0 aliphatic heterocycles. The molecule has 1 heterocycles. The third kappa shape index (κ3) is 2.85. The highest BCUT2D eigenvalue weighted by atomic mass is 32.2. The molecule has 110 valence electrons. The van der Waals surface area contributed by atoms with Gasteiger partial charge in [0.25, 0.3) is 0 Å². The number of nitrogens with zero attached hydrogens (tertiary/aromatic N) is 1. The zero-order valence-corrected chi connectivity index (χ0v) is 12.4. The van der Waals surface area contributed by atoms with Gasteiger partial charge in [0.15, 0.2) is 0 Å². The Balaban J connectivity index is 1.85. The van der Waals surface area contributed by atoms with Gasteiger partial charge in [-0.15, -0.1) is 0 Å². The Kier molecular flexibility index (Phi) is 3.55. The van der Waals surface area contributed by atoms with Gasteiger partial charge in [0.2, 0.25) is 0 Å². The summed E-state index contributed by atoms with van der Waals surface area (Å²) in [5.74, 6) is 0.830. The van der Waals surface area contributed by atoms with Gasteiger partial charge in [0.05, 0.1) is 12.0 Å². The summed E-state index contributed by atoms with van der Waals surface area (Å²) >= 11 is 0. The summed E-state index contributed by atoms with van der Waals surface area (Å²) in [4.78, 5) is 0.0978. The molecule has 0 saturated carbocycles. The summed E-state index contributed by atoms with van der Waals surface area (Å²) in [5.41, 5.74) is 2.43. The number of hydrogen-bond donors (Lipinski definition) is 0. The Morgan fingerprint density at radius 2 is 1.90 bits per heavy atom. The van der Waals surface area contributed by atoms with E-state index in [9.17, 15) is 8.42 Å². The quantitative estimate of drug-likeness (QED) is 0.817. The highest BCUT2D eigenvalue weighted by molar-refractivity contribution is 7.86. The fourth-order valence-electron chi connectivity index (χ4n) is 2.28. The van der Waals surface area contributed by atoms with Gasteiger partial charge >= 0.3 is 10.1 Å². The number of oxime groups is 1. The van der Waals surface area contributed by atoms with E-state index < -0.39 is 10.1 Å². The number of benzene rings is 1. The van der Waals surface area contributed by atoms with Crippen LogP contribution >= 0.6 is 0 Å². The van der Waals surface area contributed by atoms with Gasteiger partial charge in [0, 0.05) is 12.0 Å². The second kappa shape index (κ2) is 5.37. The number of fused-ring (bicyclic) bond motifs is 1. The van der Waals surface area contributed by atoms with Crippen LogP contribution in [0.1, 0.15) is 29.7 Å². The maximum atomic E-state index is 12.1. The minimum absolute atomic E-state index is 0.0978. The van der Waals surface area contributed by atoms with E-state index in [-0.39, 0.29) is 4.90 Å². The van der Waals surface area contributed by atoms with E-state index in [1.807, 2.05) is 6.92 Å². The molecule has 1 aromatic heterocycles. The molecule has 2 aromatic rings. The summed E-state index contributed by atoms with van der Waals surface area (Å²) in [6, 6.07) is 8.25. The molecule has 0 atom stereocenters. The first-order valence-corrected chi connectivity index (χ1v) is 8.11. The average molecular weight is 305 g/mol. The van der Waals surface area contributed by atoms with E-state index in [0.29, 0.717) is 12.1 Å².